The van der Waals surface area contributed by atoms with Crippen LogP contribution in [0.15, 0.2) is 12.3 Å². The standard InChI is InChI=1S/C12H22N4/c1-4-7-16(5-2)8-6-13-12-9-11(3)10-14-15-12/h9-10H,4-8H2,1-3H3,(H,13,15). The fourth-order valence-electron chi connectivity index (χ4n) is 1.64. The van der Waals surface area contributed by atoms with Crippen LogP contribution in [0.5, 0.6) is 0 Å². The predicted octanol–water partition coefficient (Wildman–Crippen LogP) is 1.93. The summed E-state index contributed by atoms with van der Waals surface area (Å²) in [6, 6.07) is 2.02. The minimum atomic E-state index is 0.868. The first-order valence-corrected chi connectivity index (χ1v) is 6.01. The van der Waals surface area contributed by atoms with E-state index in [-0.39, 0.29) is 0 Å². The average Bonchev–Trinajstić information content (AvgIpc) is 2.28. The van der Waals surface area contributed by atoms with Gasteiger partial charge in [-0.15, -0.1) is 5.10 Å². The van der Waals surface area contributed by atoms with Crippen LogP contribution in [0.2, 0.25) is 0 Å². The topological polar surface area (TPSA) is 41.0 Å². The molecule has 1 rings (SSSR count). The van der Waals surface area contributed by atoms with Gasteiger partial charge in [-0.25, -0.2) is 0 Å². The van der Waals surface area contributed by atoms with E-state index in [9.17, 15) is 0 Å². The summed E-state index contributed by atoms with van der Waals surface area (Å²) in [7, 11) is 0. The molecule has 0 aliphatic rings. The molecule has 1 heterocycles. The fraction of sp³-hybridized carbons (Fsp3) is 0.667. The van der Waals surface area contributed by atoms with Crippen molar-refractivity contribution in [2.45, 2.75) is 27.2 Å². The number of hydrogen-bond donors (Lipinski definition) is 1. The Morgan fingerprint density at radius 2 is 2.12 bits per heavy atom. The normalized spacial score (nSPS) is 10.8. The summed E-state index contributed by atoms with van der Waals surface area (Å²) < 4.78 is 0. The highest BCUT2D eigenvalue weighted by Crippen LogP contribution is 2.02. The molecule has 1 aromatic rings. The van der Waals surface area contributed by atoms with Crippen LogP contribution in [-0.2, 0) is 0 Å². The number of nitrogens with one attached hydrogen (secondary N) is 1. The molecule has 0 saturated carbocycles. The molecule has 0 amide bonds. The molecule has 0 radical (unpaired) electrons. The van der Waals surface area contributed by atoms with Crippen molar-refractivity contribution in [3.63, 3.8) is 0 Å². The number of aryl methyl sites for hydroxylation is 1. The lowest BCUT2D eigenvalue weighted by Gasteiger charge is -2.19. The van der Waals surface area contributed by atoms with Gasteiger partial charge >= 0.3 is 0 Å². The summed E-state index contributed by atoms with van der Waals surface area (Å²) in [5.41, 5.74) is 1.14. The van der Waals surface area contributed by atoms with Gasteiger partial charge in [0.2, 0.25) is 0 Å². The highest BCUT2D eigenvalue weighted by Gasteiger charge is 2.00. The van der Waals surface area contributed by atoms with Crippen molar-refractivity contribution < 1.29 is 0 Å². The molecule has 1 N–H and O–H groups in total. The van der Waals surface area contributed by atoms with E-state index < -0.39 is 0 Å². The van der Waals surface area contributed by atoms with Crippen LogP contribution < -0.4 is 5.32 Å². The smallest absolute Gasteiger partial charge is 0.148 e. The molecular weight excluding hydrogens is 200 g/mol. The van der Waals surface area contributed by atoms with Gasteiger partial charge in [0.1, 0.15) is 5.82 Å². The molecule has 90 valence electrons. The van der Waals surface area contributed by atoms with Gasteiger partial charge in [0.25, 0.3) is 0 Å². The highest BCUT2D eigenvalue weighted by atomic mass is 15.2. The van der Waals surface area contributed by atoms with Crippen LogP contribution in [0.25, 0.3) is 0 Å². The molecule has 0 aromatic carbocycles. The summed E-state index contributed by atoms with van der Waals surface area (Å²) in [6.45, 7) is 10.7. The molecular formula is C12H22N4. The zero-order valence-corrected chi connectivity index (χ0v) is 10.5. The van der Waals surface area contributed by atoms with Gasteiger partial charge in [-0.2, -0.15) is 5.10 Å². The second-order valence-corrected chi connectivity index (χ2v) is 3.98. The van der Waals surface area contributed by atoms with E-state index in [1.807, 2.05) is 13.0 Å². The molecule has 0 fully saturated rings. The molecule has 0 spiro atoms. The van der Waals surface area contributed by atoms with E-state index in [0.717, 1.165) is 37.6 Å². The van der Waals surface area contributed by atoms with Gasteiger partial charge in [-0.1, -0.05) is 13.8 Å². The maximum absolute atomic E-state index is 4.03. The van der Waals surface area contributed by atoms with Crippen molar-refractivity contribution in [3.8, 4) is 0 Å². The molecule has 0 atom stereocenters. The summed E-state index contributed by atoms with van der Waals surface area (Å²) in [4.78, 5) is 2.43. The SMILES string of the molecule is CCCN(CC)CCNc1cc(C)cnn1. The molecule has 4 nitrogen and oxygen atoms in total. The summed E-state index contributed by atoms with van der Waals surface area (Å²) in [5.74, 6) is 0.868. The van der Waals surface area contributed by atoms with Gasteiger partial charge in [0.05, 0.1) is 6.20 Å². The number of likely N-dealkylation sites (N-methyl/N-ethyl adjacent to an activating group) is 1. The number of anilines is 1. The van der Waals surface area contributed by atoms with E-state index in [1.54, 1.807) is 6.20 Å². The van der Waals surface area contributed by atoms with E-state index in [1.165, 1.54) is 6.42 Å². The Kier molecular flexibility index (Phi) is 5.78. The fourth-order valence-corrected chi connectivity index (χ4v) is 1.64. The Morgan fingerprint density at radius 3 is 2.75 bits per heavy atom. The van der Waals surface area contributed by atoms with Crippen molar-refractivity contribution in [1.29, 1.82) is 0 Å². The lowest BCUT2D eigenvalue weighted by molar-refractivity contribution is 0.300. The number of rotatable bonds is 7. The quantitative estimate of drug-likeness (QED) is 0.765. The van der Waals surface area contributed by atoms with Crippen LogP contribution in [0.1, 0.15) is 25.8 Å². The molecule has 4 heteroatoms. The molecule has 1 aromatic heterocycles. The lowest BCUT2D eigenvalue weighted by Crippen LogP contribution is -2.29. The first-order chi connectivity index (χ1) is 7.76. The van der Waals surface area contributed by atoms with Crippen molar-refractivity contribution >= 4 is 5.82 Å². The molecule has 16 heavy (non-hydrogen) atoms. The molecule has 0 aliphatic heterocycles. The minimum absolute atomic E-state index is 0.868. The van der Waals surface area contributed by atoms with E-state index in [4.69, 9.17) is 0 Å². The van der Waals surface area contributed by atoms with Gasteiger partial charge in [-0.05, 0) is 38.1 Å². The van der Waals surface area contributed by atoms with Gasteiger partial charge in [-0.3, -0.25) is 0 Å². The summed E-state index contributed by atoms with van der Waals surface area (Å²) in [6.07, 6.45) is 2.97. The van der Waals surface area contributed by atoms with Gasteiger partial charge in [0.15, 0.2) is 0 Å². The molecule has 0 saturated heterocycles. The number of nitrogens with zero attached hydrogens (tertiary/aromatic N) is 3. The Balaban J connectivity index is 2.29. The Hall–Kier alpha value is -1.16. The third-order valence-electron chi connectivity index (χ3n) is 2.51. The third kappa shape index (κ3) is 4.57. The maximum atomic E-state index is 4.03. The number of hydrogen-bond acceptors (Lipinski definition) is 4. The molecule has 0 bridgehead atoms. The van der Waals surface area contributed by atoms with Crippen LogP contribution in [-0.4, -0.2) is 41.3 Å². The Labute approximate surface area is 98.1 Å². The minimum Gasteiger partial charge on any atom is -0.367 e. The van der Waals surface area contributed by atoms with Crippen molar-refractivity contribution in [2.75, 3.05) is 31.5 Å². The highest BCUT2D eigenvalue weighted by molar-refractivity contribution is 5.34. The van der Waals surface area contributed by atoms with Crippen LogP contribution in [0, 0.1) is 6.92 Å². The molecule has 0 unspecified atom stereocenters. The maximum Gasteiger partial charge on any atom is 0.148 e. The van der Waals surface area contributed by atoms with Gasteiger partial charge in [0, 0.05) is 13.1 Å². The largest absolute Gasteiger partial charge is 0.367 e. The third-order valence-corrected chi connectivity index (χ3v) is 2.51. The summed E-state index contributed by atoms with van der Waals surface area (Å²) in [5, 5.41) is 11.2. The Morgan fingerprint density at radius 1 is 1.31 bits per heavy atom. The van der Waals surface area contributed by atoms with Gasteiger partial charge < -0.3 is 10.2 Å². The second kappa shape index (κ2) is 7.17. The Bertz CT molecular complexity index is 301. The zero-order chi connectivity index (χ0) is 11.8. The van der Waals surface area contributed by atoms with Crippen LogP contribution in [0.4, 0.5) is 5.82 Å². The molecule has 0 aliphatic carbocycles. The second-order valence-electron chi connectivity index (χ2n) is 3.98. The van der Waals surface area contributed by atoms with E-state index in [0.29, 0.717) is 0 Å². The van der Waals surface area contributed by atoms with Crippen molar-refractivity contribution in [2.24, 2.45) is 0 Å². The lowest BCUT2D eigenvalue weighted by atomic mass is 10.3. The average molecular weight is 222 g/mol. The van der Waals surface area contributed by atoms with Crippen molar-refractivity contribution in [3.05, 3.63) is 17.8 Å². The predicted molar refractivity (Wildman–Crippen MR) is 67.7 cm³/mol. The number of aromatic nitrogens is 2. The zero-order valence-electron chi connectivity index (χ0n) is 10.5. The first kappa shape index (κ1) is 12.9. The first-order valence-electron chi connectivity index (χ1n) is 6.01. The van der Waals surface area contributed by atoms with E-state index >= 15 is 0 Å². The van der Waals surface area contributed by atoms with E-state index in [2.05, 4.69) is 34.3 Å². The monoisotopic (exact) mass is 222 g/mol. The van der Waals surface area contributed by atoms with Crippen LogP contribution >= 0.6 is 0 Å². The van der Waals surface area contributed by atoms with Crippen LogP contribution in [0.3, 0.4) is 0 Å². The van der Waals surface area contributed by atoms with Crippen molar-refractivity contribution in [1.82, 2.24) is 15.1 Å². The summed E-state index contributed by atoms with van der Waals surface area (Å²) >= 11 is 0.